The van der Waals surface area contributed by atoms with E-state index in [2.05, 4.69) is 0 Å². The molecule has 0 saturated carbocycles. The SMILES string of the molecule is CC(C)OP(=S)([S-])OC(C)C.CC(C)OP(=S)([S-])OC(C)C.CC(C)OP(=S)([S-])OC(C)C.[Bi+3]. The second-order valence-electron chi connectivity index (χ2n) is 8.27. The number of hydrogen-bond acceptors (Lipinski definition) is 12. The van der Waals surface area contributed by atoms with E-state index in [0.29, 0.717) is 0 Å². The molecule has 0 N–H and O–H groups in total. The molecule has 0 aliphatic carbocycles. The summed E-state index contributed by atoms with van der Waals surface area (Å²) in [7, 11) is 0. The summed E-state index contributed by atoms with van der Waals surface area (Å²) in [5, 5.41) is 0. The molecule has 2 radical (unpaired) electrons. The van der Waals surface area contributed by atoms with Crippen molar-refractivity contribution < 1.29 is 27.1 Å². The van der Waals surface area contributed by atoms with Crippen LogP contribution in [-0.4, -0.2) is 62.8 Å². The molecule has 0 aliphatic rings. The standard InChI is InChI=1S/3C6H15O2PS2.Bi/c3*1-5(2)7-9(10,11)8-6(3)4;/h3*5-6H,1-4H3,(H,10,11);/q;;;+3/p-3. The van der Waals surface area contributed by atoms with Crippen molar-refractivity contribution in [2.45, 2.75) is 120 Å². The second kappa shape index (κ2) is 22.3. The molecular formula is C18H42BiO6P3S6. The maximum absolute atomic E-state index is 5.27. The van der Waals surface area contributed by atoms with E-state index in [-0.39, 0.29) is 62.8 Å². The first kappa shape index (κ1) is 44.7. The van der Waals surface area contributed by atoms with Gasteiger partial charge in [-0.3, -0.25) is 0 Å². The summed E-state index contributed by atoms with van der Waals surface area (Å²) >= 11 is 29.9. The van der Waals surface area contributed by atoms with Crippen LogP contribution in [0.1, 0.15) is 83.1 Å². The predicted molar refractivity (Wildman–Crippen MR) is 168 cm³/mol. The normalized spacial score (nSPS) is 12.6. The molecule has 6 nitrogen and oxygen atoms in total. The van der Waals surface area contributed by atoms with E-state index < -0.39 is 17.1 Å². The molecule has 0 aliphatic heterocycles. The van der Waals surface area contributed by atoms with Crippen molar-refractivity contribution in [3.05, 3.63) is 0 Å². The van der Waals surface area contributed by atoms with Gasteiger partial charge in [-0.2, -0.15) is 0 Å². The molecule has 0 aromatic rings. The first-order chi connectivity index (χ1) is 14.5. The van der Waals surface area contributed by atoms with Crippen molar-refractivity contribution in [1.82, 2.24) is 0 Å². The molecule has 0 saturated heterocycles. The van der Waals surface area contributed by atoms with Gasteiger partial charge in [-0.15, -0.1) is 0 Å². The average molecular weight is 849 g/mol. The van der Waals surface area contributed by atoms with Gasteiger partial charge in [-0.1, -0.05) is 35.4 Å². The first-order valence-corrected chi connectivity index (χ1v) is 21.5. The number of hydrogen-bond donors (Lipinski definition) is 0. The Bertz CT molecular complexity index is 526. The van der Waals surface area contributed by atoms with Crippen molar-refractivity contribution in [2.75, 3.05) is 0 Å². The minimum atomic E-state index is -2.39. The third-order valence-electron chi connectivity index (χ3n) is 2.04. The van der Waals surface area contributed by atoms with Crippen LogP contribution in [0.4, 0.5) is 0 Å². The molecule has 206 valence electrons. The molecule has 0 fully saturated rings. The zero-order chi connectivity index (χ0) is 27.2. The summed E-state index contributed by atoms with van der Waals surface area (Å²) in [5.74, 6) is 0. The first-order valence-electron chi connectivity index (χ1n) is 10.5. The Morgan fingerprint density at radius 3 is 0.529 bits per heavy atom. The molecule has 16 heteroatoms. The van der Waals surface area contributed by atoms with E-state index >= 15 is 0 Å². The van der Waals surface area contributed by atoms with Gasteiger partial charge in [0.25, 0.3) is 0 Å². The van der Waals surface area contributed by atoms with Gasteiger partial charge in [-0.25, -0.2) is 0 Å². The van der Waals surface area contributed by atoms with Gasteiger partial charge in [0, 0.05) is 0 Å². The van der Waals surface area contributed by atoms with Crippen molar-refractivity contribution in [2.24, 2.45) is 0 Å². The van der Waals surface area contributed by atoms with Gasteiger partial charge in [0.2, 0.25) is 0 Å². The van der Waals surface area contributed by atoms with Crippen molar-refractivity contribution in [3.63, 3.8) is 0 Å². The monoisotopic (exact) mass is 848 g/mol. The molecule has 0 amide bonds. The zero-order valence-electron chi connectivity index (χ0n) is 22.2. The van der Waals surface area contributed by atoms with Crippen LogP contribution in [0.25, 0.3) is 0 Å². The minimum Gasteiger partial charge on any atom is -0.691 e. The molecule has 0 aromatic carbocycles. The van der Waals surface area contributed by atoms with Crippen molar-refractivity contribution >= 4 is 115 Å². The topological polar surface area (TPSA) is 55.4 Å². The van der Waals surface area contributed by atoms with Gasteiger partial charge < -0.3 is 63.9 Å². The van der Waals surface area contributed by atoms with E-state index in [1.54, 1.807) is 0 Å². The minimum absolute atomic E-state index is 0. The predicted octanol–water partition coefficient (Wildman–Crippen LogP) is 7.44. The molecule has 0 bridgehead atoms. The van der Waals surface area contributed by atoms with Crippen LogP contribution >= 0.6 is 17.1 Å². The molecular weight excluding hydrogens is 806 g/mol. The fourth-order valence-corrected chi connectivity index (χ4v) is 11.1. The van der Waals surface area contributed by atoms with Gasteiger partial charge in [0.15, 0.2) is 0 Å². The average Bonchev–Trinajstić information content (AvgIpc) is 2.38. The van der Waals surface area contributed by atoms with Crippen LogP contribution in [0.3, 0.4) is 0 Å². The van der Waals surface area contributed by atoms with Crippen LogP contribution in [0.15, 0.2) is 0 Å². The van der Waals surface area contributed by atoms with Crippen LogP contribution in [0.5, 0.6) is 0 Å². The molecule has 0 aromatic heterocycles. The van der Waals surface area contributed by atoms with Crippen LogP contribution in [0.2, 0.25) is 0 Å². The summed E-state index contributed by atoms with van der Waals surface area (Å²) in [6.45, 7) is 22.8. The third-order valence-corrected chi connectivity index (χ3v) is 9.22. The molecule has 0 unspecified atom stereocenters. The van der Waals surface area contributed by atoms with Gasteiger partial charge in [0.1, 0.15) is 0 Å². The zero-order valence-corrected chi connectivity index (χ0v) is 33.2. The van der Waals surface area contributed by atoms with Gasteiger partial charge in [0.05, 0.1) is 53.7 Å². The molecule has 0 spiro atoms. The quantitative estimate of drug-likeness (QED) is 0.112. The molecule has 0 heterocycles. The summed E-state index contributed by atoms with van der Waals surface area (Å²) < 4.78 is 31.6. The summed E-state index contributed by atoms with van der Waals surface area (Å²) in [6.07, 6.45) is 0.317. The third kappa shape index (κ3) is 37.8. The fourth-order valence-electron chi connectivity index (χ4n) is 1.62. The Labute approximate surface area is 259 Å². The fraction of sp³-hybridized carbons (Fsp3) is 1.00. The van der Waals surface area contributed by atoms with Gasteiger partial charge in [-0.05, 0) is 83.1 Å². The van der Waals surface area contributed by atoms with E-state index in [0.717, 1.165) is 0 Å². The van der Waals surface area contributed by atoms with Crippen LogP contribution in [-0.2, 0) is 99.3 Å². The van der Waals surface area contributed by atoms with Crippen molar-refractivity contribution in [1.29, 1.82) is 0 Å². The Balaban J connectivity index is -0.000000196. The second-order valence-corrected chi connectivity index (χ2v) is 22.9. The smallest absolute Gasteiger partial charge is 0.691 e. The molecule has 34 heavy (non-hydrogen) atoms. The summed E-state index contributed by atoms with van der Waals surface area (Å²) in [6, 6.07) is 0. The molecule has 0 rings (SSSR count). The maximum Gasteiger partial charge on any atom is 3.00 e. The largest absolute Gasteiger partial charge is 3.00 e. The molecule has 0 atom stereocenters. The van der Waals surface area contributed by atoms with Gasteiger partial charge >= 0.3 is 26.2 Å². The van der Waals surface area contributed by atoms with Crippen LogP contribution in [0, 0.1) is 0 Å². The Kier molecular flexibility index (Phi) is 29.3. The van der Waals surface area contributed by atoms with E-state index in [1.165, 1.54) is 0 Å². The van der Waals surface area contributed by atoms with E-state index in [9.17, 15) is 0 Å². The van der Waals surface area contributed by atoms with E-state index in [4.69, 9.17) is 99.3 Å². The Morgan fingerprint density at radius 2 is 0.471 bits per heavy atom. The summed E-state index contributed by atoms with van der Waals surface area (Å²) in [4.78, 5) is 0. The van der Waals surface area contributed by atoms with E-state index in [1.807, 2.05) is 83.1 Å². The Hall–Kier alpha value is 3.64. The van der Waals surface area contributed by atoms with Crippen LogP contribution < -0.4 is 0 Å². The number of rotatable bonds is 12. The Morgan fingerprint density at radius 1 is 0.382 bits per heavy atom. The maximum atomic E-state index is 5.27. The summed E-state index contributed by atoms with van der Waals surface area (Å²) in [5.41, 5.74) is -7.16. The van der Waals surface area contributed by atoms with Crippen molar-refractivity contribution in [3.8, 4) is 0 Å².